The molecule has 0 aliphatic carbocycles. The van der Waals surface area contributed by atoms with Gasteiger partial charge in [-0.1, -0.05) is 18.2 Å². The van der Waals surface area contributed by atoms with Crippen molar-refractivity contribution in [1.29, 1.82) is 0 Å². The lowest BCUT2D eigenvalue weighted by molar-refractivity contribution is 0.415. The topological polar surface area (TPSA) is 50.6 Å². The number of anilines is 1. The molecule has 0 saturated heterocycles. The number of hydrogen-bond donors (Lipinski definition) is 2. The molecule has 0 aliphatic heterocycles. The number of thiocarbonyl (C=S) groups is 1. The molecule has 2 aromatic carbocycles. The van der Waals surface area contributed by atoms with Gasteiger partial charge in [0.15, 0.2) is 5.11 Å². The highest BCUT2D eigenvalue weighted by Gasteiger charge is 2.02. The van der Waals surface area contributed by atoms with Gasteiger partial charge in [0.2, 0.25) is 0 Å². The van der Waals surface area contributed by atoms with E-state index in [0.29, 0.717) is 5.11 Å². The normalized spacial score (nSPS) is 10.6. The summed E-state index contributed by atoms with van der Waals surface area (Å²) >= 11 is 5.23. The van der Waals surface area contributed by atoms with Gasteiger partial charge in [0, 0.05) is 17.6 Å². The molecule has 0 atom stereocenters. The van der Waals surface area contributed by atoms with Crippen molar-refractivity contribution in [3.05, 3.63) is 78.6 Å². The van der Waals surface area contributed by atoms with Crippen molar-refractivity contribution >= 4 is 29.2 Å². The summed E-state index contributed by atoms with van der Waals surface area (Å²) in [6.45, 7) is 0. The third kappa shape index (κ3) is 4.45. The summed E-state index contributed by atoms with van der Waals surface area (Å²) in [7, 11) is 1.65. The zero-order chi connectivity index (χ0) is 17.5. The Morgan fingerprint density at radius 1 is 1.04 bits per heavy atom. The number of nitrogens with zero attached hydrogens (tertiary/aromatic N) is 2. The van der Waals surface area contributed by atoms with Crippen LogP contribution in [0, 0.1) is 0 Å². The van der Waals surface area contributed by atoms with Crippen molar-refractivity contribution in [3.63, 3.8) is 0 Å². The second kappa shape index (κ2) is 8.12. The van der Waals surface area contributed by atoms with Crippen LogP contribution >= 0.6 is 12.2 Å². The number of hydrazone groups is 1. The molecular weight excluding hydrogens is 332 g/mol. The molecule has 25 heavy (non-hydrogen) atoms. The van der Waals surface area contributed by atoms with Crippen LogP contribution in [0.15, 0.2) is 78.0 Å². The Labute approximate surface area is 151 Å². The molecule has 3 rings (SSSR count). The summed E-state index contributed by atoms with van der Waals surface area (Å²) in [4.78, 5) is 0. The van der Waals surface area contributed by atoms with Crippen LogP contribution in [0.3, 0.4) is 0 Å². The van der Waals surface area contributed by atoms with Gasteiger partial charge >= 0.3 is 0 Å². The molecule has 0 fully saturated rings. The van der Waals surface area contributed by atoms with E-state index in [1.54, 1.807) is 13.3 Å². The predicted molar refractivity (Wildman–Crippen MR) is 106 cm³/mol. The van der Waals surface area contributed by atoms with Crippen LogP contribution in [0.25, 0.3) is 5.69 Å². The molecular formula is C19H18N4OS. The molecule has 0 radical (unpaired) electrons. The molecule has 0 saturated carbocycles. The van der Waals surface area contributed by atoms with Crippen LogP contribution in [0.2, 0.25) is 0 Å². The first-order valence-electron chi connectivity index (χ1n) is 7.73. The van der Waals surface area contributed by atoms with E-state index in [2.05, 4.69) is 15.8 Å². The van der Waals surface area contributed by atoms with E-state index in [-0.39, 0.29) is 0 Å². The largest absolute Gasteiger partial charge is 0.497 e. The van der Waals surface area contributed by atoms with Crippen molar-refractivity contribution in [2.45, 2.75) is 0 Å². The van der Waals surface area contributed by atoms with Crippen LogP contribution in [-0.4, -0.2) is 23.0 Å². The maximum Gasteiger partial charge on any atom is 0.191 e. The second-order valence-electron chi connectivity index (χ2n) is 5.19. The maximum atomic E-state index is 5.23. The smallest absolute Gasteiger partial charge is 0.191 e. The van der Waals surface area contributed by atoms with Crippen molar-refractivity contribution < 1.29 is 4.74 Å². The second-order valence-corrected chi connectivity index (χ2v) is 5.60. The Morgan fingerprint density at radius 3 is 2.52 bits per heavy atom. The first-order chi connectivity index (χ1) is 12.3. The van der Waals surface area contributed by atoms with Crippen molar-refractivity contribution in [3.8, 4) is 11.4 Å². The molecule has 6 heteroatoms. The zero-order valence-corrected chi connectivity index (χ0v) is 14.5. The SMILES string of the molecule is COc1ccc(-n2cccc2C=NNC(=S)Nc2ccccc2)cc1. The monoisotopic (exact) mass is 350 g/mol. The van der Waals surface area contributed by atoms with Gasteiger partial charge in [-0.15, -0.1) is 0 Å². The fourth-order valence-corrected chi connectivity index (χ4v) is 2.49. The van der Waals surface area contributed by atoms with Gasteiger partial charge in [0.1, 0.15) is 5.75 Å². The van der Waals surface area contributed by atoms with Crippen LogP contribution < -0.4 is 15.5 Å². The highest BCUT2D eigenvalue weighted by molar-refractivity contribution is 7.80. The molecule has 1 heterocycles. The van der Waals surface area contributed by atoms with Gasteiger partial charge < -0.3 is 14.6 Å². The number of benzene rings is 2. The van der Waals surface area contributed by atoms with Crippen LogP contribution in [0.1, 0.15) is 5.69 Å². The molecule has 0 spiro atoms. The fourth-order valence-electron chi connectivity index (χ4n) is 2.31. The number of para-hydroxylation sites is 1. The first-order valence-corrected chi connectivity index (χ1v) is 8.14. The lowest BCUT2D eigenvalue weighted by Crippen LogP contribution is -2.23. The fraction of sp³-hybridized carbons (Fsp3) is 0.0526. The summed E-state index contributed by atoms with van der Waals surface area (Å²) in [5.74, 6) is 0.824. The molecule has 0 unspecified atom stereocenters. The van der Waals surface area contributed by atoms with Gasteiger partial charge in [-0.3, -0.25) is 5.43 Å². The van der Waals surface area contributed by atoms with Crippen molar-refractivity contribution in [2.24, 2.45) is 5.10 Å². The van der Waals surface area contributed by atoms with Gasteiger partial charge in [-0.05, 0) is 60.7 Å². The Hall–Kier alpha value is -3.12. The van der Waals surface area contributed by atoms with Gasteiger partial charge in [-0.2, -0.15) is 5.10 Å². The standard InChI is InChI=1S/C19H18N4OS/c1-24-18-11-9-16(10-12-18)23-13-5-8-17(23)14-20-22-19(25)21-15-6-3-2-4-7-15/h2-14H,1H3,(H2,21,22,25). The summed E-state index contributed by atoms with van der Waals surface area (Å²) in [6, 6.07) is 21.5. The van der Waals surface area contributed by atoms with E-state index < -0.39 is 0 Å². The van der Waals surface area contributed by atoms with E-state index >= 15 is 0 Å². The number of methoxy groups -OCH3 is 1. The summed E-state index contributed by atoms with van der Waals surface area (Å²) in [6.07, 6.45) is 3.70. The third-order valence-corrected chi connectivity index (χ3v) is 3.72. The number of hydrogen-bond acceptors (Lipinski definition) is 3. The summed E-state index contributed by atoms with van der Waals surface area (Å²) < 4.78 is 7.22. The number of nitrogens with one attached hydrogen (secondary N) is 2. The summed E-state index contributed by atoms with van der Waals surface area (Å²) in [5, 5.41) is 7.71. The van der Waals surface area contributed by atoms with Crippen LogP contribution in [0.5, 0.6) is 5.75 Å². The third-order valence-electron chi connectivity index (χ3n) is 3.53. The minimum absolute atomic E-state index is 0.435. The quantitative estimate of drug-likeness (QED) is 0.417. The van der Waals surface area contributed by atoms with Crippen LogP contribution in [0.4, 0.5) is 5.69 Å². The van der Waals surface area contributed by atoms with Gasteiger partial charge in [0.05, 0.1) is 19.0 Å². The summed E-state index contributed by atoms with van der Waals surface area (Å²) in [5.41, 5.74) is 5.69. The minimum Gasteiger partial charge on any atom is -0.497 e. The van der Waals surface area contributed by atoms with E-state index in [9.17, 15) is 0 Å². The molecule has 3 aromatic rings. The minimum atomic E-state index is 0.435. The Morgan fingerprint density at radius 2 is 1.80 bits per heavy atom. The van der Waals surface area contributed by atoms with Gasteiger partial charge in [0.25, 0.3) is 0 Å². The highest BCUT2D eigenvalue weighted by atomic mass is 32.1. The van der Waals surface area contributed by atoms with Crippen molar-refractivity contribution in [2.75, 3.05) is 12.4 Å². The van der Waals surface area contributed by atoms with E-state index in [1.165, 1.54) is 0 Å². The Balaban J connectivity index is 1.64. The molecule has 0 bridgehead atoms. The first kappa shape index (κ1) is 16.7. The lowest BCUT2D eigenvalue weighted by Gasteiger charge is -2.08. The lowest BCUT2D eigenvalue weighted by atomic mass is 10.3. The maximum absolute atomic E-state index is 5.23. The van der Waals surface area contributed by atoms with E-state index in [4.69, 9.17) is 17.0 Å². The Bertz CT molecular complexity index is 857. The van der Waals surface area contributed by atoms with Crippen LogP contribution in [-0.2, 0) is 0 Å². The Kier molecular flexibility index (Phi) is 5.43. The molecule has 1 aromatic heterocycles. The average Bonchev–Trinajstić information content (AvgIpc) is 3.11. The predicted octanol–water partition coefficient (Wildman–Crippen LogP) is 3.81. The molecule has 0 amide bonds. The highest BCUT2D eigenvalue weighted by Crippen LogP contribution is 2.16. The van der Waals surface area contributed by atoms with E-state index in [0.717, 1.165) is 22.8 Å². The molecule has 0 aliphatic rings. The number of ether oxygens (including phenoxy) is 1. The van der Waals surface area contributed by atoms with Crippen molar-refractivity contribution in [1.82, 2.24) is 9.99 Å². The zero-order valence-electron chi connectivity index (χ0n) is 13.7. The number of rotatable bonds is 5. The molecule has 5 nitrogen and oxygen atoms in total. The average molecular weight is 350 g/mol. The molecule has 126 valence electrons. The number of aromatic nitrogens is 1. The van der Waals surface area contributed by atoms with E-state index in [1.807, 2.05) is 77.5 Å². The molecule has 2 N–H and O–H groups in total. The van der Waals surface area contributed by atoms with Gasteiger partial charge in [-0.25, -0.2) is 0 Å².